The SMILES string of the molecule is CC(C)S(=O)(=O)NC1CCC(CNc2cccc(-c3nn(C)cc3Br)c2)CC1. The molecule has 1 aliphatic rings. The fraction of sp³-hybridized carbons (Fsp3) is 0.550. The number of nitrogens with one attached hydrogen (secondary N) is 2. The molecule has 0 radical (unpaired) electrons. The smallest absolute Gasteiger partial charge is 0.214 e. The summed E-state index contributed by atoms with van der Waals surface area (Å²) in [6, 6.07) is 8.37. The van der Waals surface area contributed by atoms with E-state index in [1.54, 1.807) is 18.5 Å². The van der Waals surface area contributed by atoms with E-state index in [0.29, 0.717) is 5.92 Å². The van der Waals surface area contributed by atoms with Gasteiger partial charge >= 0.3 is 0 Å². The van der Waals surface area contributed by atoms with Gasteiger partial charge < -0.3 is 5.32 Å². The second-order valence-electron chi connectivity index (χ2n) is 7.89. The van der Waals surface area contributed by atoms with Crippen molar-refractivity contribution in [2.45, 2.75) is 50.8 Å². The van der Waals surface area contributed by atoms with Crippen LogP contribution in [-0.2, 0) is 17.1 Å². The van der Waals surface area contributed by atoms with Crippen molar-refractivity contribution in [2.75, 3.05) is 11.9 Å². The van der Waals surface area contributed by atoms with Crippen LogP contribution < -0.4 is 10.0 Å². The number of anilines is 1. The summed E-state index contributed by atoms with van der Waals surface area (Å²) in [5.74, 6) is 0.560. The normalized spacial score (nSPS) is 20.5. The van der Waals surface area contributed by atoms with E-state index in [0.717, 1.165) is 53.6 Å². The molecule has 1 aromatic carbocycles. The third-order valence-electron chi connectivity index (χ3n) is 5.31. The lowest BCUT2D eigenvalue weighted by atomic mass is 9.86. The highest BCUT2D eigenvalue weighted by atomic mass is 79.9. The molecule has 0 bridgehead atoms. The average Bonchev–Trinajstić information content (AvgIpc) is 2.99. The minimum Gasteiger partial charge on any atom is -0.385 e. The molecule has 154 valence electrons. The predicted molar refractivity (Wildman–Crippen MR) is 118 cm³/mol. The molecule has 1 heterocycles. The molecule has 1 fully saturated rings. The summed E-state index contributed by atoms with van der Waals surface area (Å²) >= 11 is 3.56. The largest absolute Gasteiger partial charge is 0.385 e. The lowest BCUT2D eigenvalue weighted by molar-refractivity contribution is 0.323. The summed E-state index contributed by atoms with van der Waals surface area (Å²) in [6.45, 7) is 4.33. The van der Waals surface area contributed by atoms with Gasteiger partial charge in [-0.2, -0.15) is 5.10 Å². The van der Waals surface area contributed by atoms with Gasteiger partial charge in [0.15, 0.2) is 0 Å². The molecule has 0 aliphatic heterocycles. The summed E-state index contributed by atoms with van der Waals surface area (Å²) in [4.78, 5) is 0. The van der Waals surface area contributed by atoms with E-state index < -0.39 is 10.0 Å². The highest BCUT2D eigenvalue weighted by molar-refractivity contribution is 9.10. The molecule has 0 amide bonds. The molecule has 0 unspecified atom stereocenters. The predicted octanol–water partition coefficient (Wildman–Crippen LogP) is 4.15. The van der Waals surface area contributed by atoms with Crippen LogP contribution in [-0.4, -0.2) is 36.0 Å². The number of benzene rings is 1. The first-order valence-corrected chi connectivity index (χ1v) is 12.1. The van der Waals surface area contributed by atoms with E-state index in [1.165, 1.54) is 0 Å². The fourth-order valence-corrected chi connectivity index (χ4v) is 5.12. The van der Waals surface area contributed by atoms with E-state index in [9.17, 15) is 8.42 Å². The van der Waals surface area contributed by atoms with Gasteiger partial charge in [0.1, 0.15) is 5.69 Å². The molecular formula is C20H29BrN4O2S. The monoisotopic (exact) mass is 468 g/mol. The van der Waals surface area contributed by atoms with Crippen molar-refractivity contribution in [1.29, 1.82) is 0 Å². The first-order chi connectivity index (χ1) is 13.2. The Kier molecular flexibility index (Phi) is 6.83. The van der Waals surface area contributed by atoms with Gasteiger partial charge in [-0.05, 0) is 73.5 Å². The molecule has 1 aliphatic carbocycles. The molecule has 0 saturated heterocycles. The van der Waals surface area contributed by atoms with E-state index >= 15 is 0 Å². The molecule has 8 heteroatoms. The van der Waals surface area contributed by atoms with E-state index in [1.807, 2.05) is 19.3 Å². The zero-order chi connectivity index (χ0) is 20.3. The molecule has 2 N–H and O–H groups in total. The van der Waals surface area contributed by atoms with Crippen molar-refractivity contribution < 1.29 is 8.42 Å². The lowest BCUT2D eigenvalue weighted by Crippen LogP contribution is -2.41. The number of halogens is 1. The van der Waals surface area contributed by atoms with E-state index in [4.69, 9.17) is 0 Å². The highest BCUT2D eigenvalue weighted by Crippen LogP contribution is 2.29. The van der Waals surface area contributed by atoms with Crippen LogP contribution in [0.4, 0.5) is 5.69 Å². The Morgan fingerprint density at radius 2 is 1.96 bits per heavy atom. The Morgan fingerprint density at radius 3 is 2.57 bits per heavy atom. The number of hydrogen-bond donors (Lipinski definition) is 2. The number of nitrogens with zero attached hydrogens (tertiary/aromatic N) is 2. The summed E-state index contributed by atoms with van der Waals surface area (Å²) < 4.78 is 29.7. The Morgan fingerprint density at radius 1 is 1.25 bits per heavy atom. The van der Waals surface area contributed by atoms with Gasteiger partial charge in [-0.15, -0.1) is 0 Å². The van der Waals surface area contributed by atoms with Crippen LogP contribution in [0.1, 0.15) is 39.5 Å². The topological polar surface area (TPSA) is 76.0 Å². The van der Waals surface area contributed by atoms with Crippen LogP contribution in [0.3, 0.4) is 0 Å². The zero-order valence-electron chi connectivity index (χ0n) is 16.7. The van der Waals surface area contributed by atoms with Crippen LogP contribution in [0.15, 0.2) is 34.9 Å². The molecule has 1 saturated carbocycles. The maximum atomic E-state index is 12.0. The first-order valence-electron chi connectivity index (χ1n) is 9.79. The van der Waals surface area contributed by atoms with Crippen molar-refractivity contribution >= 4 is 31.6 Å². The summed E-state index contributed by atoms with van der Waals surface area (Å²) in [5, 5.41) is 7.67. The van der Waals surface area contributed by atoms with E-state index in [2.05, 4.69) is 49.3 Å². The Bertz CT molecular complexity index is 903. The van der Waals surface area contributed by atoms with Crippen molar-refractivity contribution in [2.24, 2.45) is 13.0 Å². The number of aryl methyl sites for hydroxylation is 1. The lowest BCUT2D eigenvalue weighted by Gasteiger charge is -2.29. The second-order valence-corrected chi connectivity index (χ2v) is 11.0. The van der Waals surface area contributed by atoms with Gasteiger partial charge in [0.2, 0.25) is 10.0 Å². The third kappa shape index (κ3) is 5.36. The Balaban J connectivity index is 1.52. The average molecular weight is 469 g/mol. The van der Waals surface area contributed by atoms with Gasteiger partial charge in [0.05, 0.1) is 9.72 Å². The number of aromatic nitrogens is 2. The maximum Gasteiger partial charge on any atom is 0.214 e. The molecular weight excluding hydrogens is 440 g/mol. The molecule has 0 spiro atoms. The van der Waals surface area contributed by atoms with Gasteiger partial charge in [-0.3, -0.25) is 4.68 Å². The minimum atomic E-state index is -3.18. The quantitative estimate of drug-likeness (QED) is 0.639. The van der Waals surface area contributed by atoms with Crippen molar-refractivity contribution in [3.8, 4) is 11.3 Å². The second kappa shape index (κ2) is 8.97. The molecule has 6 nitrogen and oxygen atoms in total. The maximum absolute atomic E-state index is 12.0. The fourth-order valence-electron chi connectivity index (χ4n) is 3.55. The third-order valence-corrected chi connectivity index (χ3v) is 7.80. The van der Waals surface area contributed by atoms with Gasteiger partial charge in [0.25, 0.3) is 0 Å². The first kappa shape index (κ1) is 21.3. The van der Waals surface area contributed by atoms with Gasteiger partial charge in [0, 0.05) is 37.1 Å². The molecule has 28 heavy (non-hydrogen) atoms. The Hall–Kier alpha value is -1.38. The van der Waals surface area contributed by atoms with E-state index in [-0.39, 0.29) is 11.3 Å². The summed E-state index contributed by atoms with van der Waals surface area (Å²) in [6.07, 6.45) is 5.81. The molecule has 1 aromatic heterocycles. The van der Waals surface area contributed by atoms with Crippen molar-refractivity contribution in [3.05, 3.63) is 34.9 Å². The standard InChI is InChI=1S/C20H29BrN4O2S/c1-14(2)28(26,27)24-17-9-7-15(8-10-17)12-22-18-6-4-5-16(11-18)20-19(21)13-25(3)23-20/h4-6,11,13-15,17,22,24H,7-10,12H2,1-3H3. The van der Waals surface area contributed by atoms with Crippen molar-refractivity contribution in [3.63, 3.8) is 0 Å². The van der Waals surface area contributed by atoms with Crippen LogP contribution in [0.5, 0.6) is 0 Å². The molecule has 0 atom stereocenters. The number of hydrogen-bond acceptors (Lipinski definition) is 4. The van der Waals surface area contributed by atoms with Gasteiger partial charge in [-0.25, -0.2) is 13.1 Å². The Labute approximate surface area is 176 Å². The van der Waals surface area contributed by atoms with Gasteiger partial charge in [-0.1, -0.05) is 12.1 Å². The van der Waals surface area contributed by atoms with Crippen LogP contribution in [0.25, 0.3) is 11.3 Å². The molecule has 2 aromatic rings. The van der Waals surface area contributed by atoms with Crippen LogP contribution in [0, 0.1) is 5.92 Å². The number of sulfonamides is 1. The highest BCUT2D eigenvalue weighted by Gasteiger charge is 2.26. The summed E-state index contributed by atoms with van der Waals surface area (Å²) in [7, 11) is -1.27. The number of rotatable bonds is 7. The van der Waals surface area contributed by atoms with Crippen molar-refractivity contribution in [1.82, 2.24) is 14.5 Å². The van der Waals surface area contributed by atoms with Crippen LogP contribution >= 0.6 is 15.9 Å². The van der Waals surface area contributed by atoms with Crippen LogP contribution in [0.2, 0.25) is 0 Å². The molecule has 3 rings (SSSR count). The minimum absolute atomic E-state index is 0.0773. The summed E-state index contributed by atoms with van der Waals surface area (Å²) in [5.41, 5.74) is 3.09. The zero-order valence-corrected chi connectivity index (χ0v) is 19.1.